The Labute approximate surface area is 141 Å². The second-order valence-electron chi connectivity index (χ2n) is 6.54. The summed E-state index contributed by atoms with van der Waals surface area (Å²) < 4.78 is 5.74. The number of hydrogen-bond acceptors (Lipinski definition) is 4. The molecule has 126 valence electrons. The fourth-order valence-corrected chi connectivity index (χ4v) is 3.15. The van der Waals surface area contributed by atoms with Gasteiger partial charge in [0.1, 0.15) is 11.5 Å². The fraction of sp³-hybridized carbons (Fsp3) is 0.368. The molecule has 2 N–H and O–H groups in total. The van der Waals surface area contributed by atoms with Gasteiger partial charge in [0, 0.05) is 29.4 Å². The van der Waals surface area contributed by atoms with E-state index in [0.29, 0.717) is 17.1 Å². The first-order valence-corrected chi connectivity index (χ1v) is 8.20. The summed E-state index contributed by atoms with van der Waals surface area (Å²) in [5, 5.41) is 12.7. The van der Waals surface area contributed by atoms with Crippen LogP contribution >= 0.6 is 0 Å². The smallest absolute Gasteiger partial charge is 0.251 e. The first-order valence-electron chi connectivity index (χ1n) is 8.20. The molecule has 1 aromatic heterocycles. The minimum Gasteiger partial charge on any atom is -0.457 e. The Hall–Kier alpha value is -2.40. The summed E-state index contributed by atoms with van der Waals surface area (Å²) in [6.07, 6.45) is 6.16. The van der Waals surface area contributed by atoms with E-state index in [9.17, 15) is 9.90 Å². The van der Waals surface area contributed by atoms with Gasteiger partial charge in [0.25, 0.3) is 5.91 Å². The predicted molar refractivity (Wildman–Crippen MR) is 91.1 cm³/mol. The largest absolute Gasteiger partial charge is 0.457 e. The fourth-order valence-electron chi connectivity index (χ4n) is 3.15. The van der Waals surface area contributed by atoms with Gasteiger partial charge >= 0.3 is 0 Å². The number of hydrogen-bond donors (Lipinski definition) is 2. The Balaban J connectivity index is 1.70. The summed E-state index contributed by atoms with van der Waals surface area (Å²) in [4.78, 5) is 16.5. The van der Waals surface area contributed by atoms with Gasteiger partial charge in [-0.2, -0.15) is 0 Å². The number of ether oxygens (including phenoxy) is 1. The molecule has 0 saturated heterocycles. The molecule has 3 rings (SSSR count). The molecule has 24 heavy (non-hydrogen) atoms. The van der Waals surface area contributed by atoms with E-state index < -0.39 is 0 Å². The van der Waals surface area contributed by atoms with Gasteiger partial charge in [0.2, 0.25) is 0 Å². The SMILES string of the molecule is CC1(CO)CCCC1NC(=O)c1cccc(Oc2ccncc2)c1. The third-order valence-electron chi connectivity index (χ3n) is 4.73. The first-order chi connectivity index (χ1) is 11.6. The highest BCUT2D eigenvalue weighted by atomic mass is 16.5. The summed E-state index contributed by atoms with van der Waals surface area (Å²) >= 11 is 0. The Morgan fingerprint density at radius 2 is 2.12 bits per heavy atom. The van der Waals surface area contributed by atoms with Crippen molar-refractivity contribution >= 4 is 5.91 Å². The Morgan fingerprint density at radius 1 is 1.33 bits per heavy atom. The van der Waals surface area contributed by atoms with E-state index >= 15 is 0 Å². The van der Waals surface area contributed by atoms with Crippen LogP contribution in [0.2, 0.25) is 0 Å². The van der Waals surface area contributed by atoms with Gasteiger partial charge in [0.15, 0.2) is 0 Å². The van der Waals surface area contributed by atoms with Gasteiger partial charge in [0.05, 0.1) is 6.61 Å². The van der Waals surface area contributed by atoms with Gasteiger partial charge in [-0.3, -0.25) is 9.78 Å². The number of carbonyl (C=O) groups excluding carboxylic acids is 1. The Morgan fingerprint density at radius 3 is 2.88 bits per heavy atom. The number of carbonyl (C=O) groups is 1. The van der Waals surface area contributed by atoms with Crippen LogP contribution in [0.4, 0.5) is 0 Å². The van der Waals surface area contributed by atoms with Gasteiger partial charge in [-0.15, -0.1) is 0 Å². The minimum atomic E-state index is -0.235. The van der Waals surface area contributed by atoms with E-state index in [1.807, 2.05) is 13.0 Å². The molecular formula is C19H22N2O3. The van der Waals surface area contributed by atoms with Crippen molar-refractivity contribution in [2.24, 2.45) is 5.41 Å². The molecule has 1 amide bonds. The molecule has 1 aromatic carbocycles. The van der Waals surface area contributed by atoms with Gasteiger partial charge < -0.3 is 15.2 Å². The van der Waals surface area contributed by atoms with Crippen molar-refractivity contribution < 1.29 is 14.6 Å². The zero-order valence-electron chi connectivity index (χ0n) is 13.7. The van der Waals surface area contributed by atoms with Crippen LogP contribution in [0.15, 0.2) is 48.8 Å². The van der Waals surface area contributed by atoms with Gasteiger partial charge in [-0.05, 0) is 43.2 Å². The lowest BCUT2D eigenvalue weighted by Gasteiger charge is -2.30. The molecule has 0 bridgehead atoms. The molecule has 5 heteroatoms. The Bertz CT molecular complexity index is 705. The maximum absolute atomic E-state index is 12.6. The van der Waals surface area contributed by atoms with Crippen LogP contribution in [0, 0.1) is 5.41 Å². The minimum absolute atomic E-state index is 0.000211. The molecule has 5 nitrogen and oxygen atoms in total. The molecule has 2 aromatic rings. The highest BCUT2D eigenvalue weighted by Gasteiger charge is 2.39. The standard InChI is InChI=1S/C19H22N2O3/c1-19(13-22)9-3-6-17(19)21-18(23)14-4-2-5-16(12-14)24-15-7-10-20-11-8-15/h2,4-5,7-8,10-12,17,22H,3,6,9,13H2,1H3,(H,21,23). The van der Waals surface area contributed by atoms with Crippen molar-refractivity contribution in [3.05, 3.63) is 54.4 Å². The Kier molecular flexibility index (Phi) is 4.81. The van der Waals surface area contributed by atoms with Crippen molar-refractivity contribution in [3.63, 3.8) is 0 Å². The van der Waals surface area contributed by atoms with Crippen LogP contribution in [-0.4, -0.2) is 28.6 Å². The zero-order valence-corrected chi connectivity index (χ0v) is 13.7. The highest BCUT2D eigenvalue weighted by molar-refractivity contribution is 5.94. The number of aliphatic hydroxyl groups excluding tert-OH is 1. The monoisotopic (exact) mass is 326 g/mol. The second kappa shape index (κ2) is 7.01. The summed E-state index contributed by atoms with van der Waals surface area (Å²) in [7, 11) is 0. The average molecular weight is 326 g/mol. The number of pyridine rings is 1. The topological polar surface area (TPSA) is 71.5 Å². The molecule has 1 fully saturated rings. The van der Waals surface area contributed by atoms with Crippen LogP contribution in [-0.2, 0) is 0 Å². The van der Waals surface area contributed by atoms with Crippen LogP contribution < -0.4 is 10.1 Å². The van der Waals surface area contributed by atoms with Crippen molar-refractivity contribution in [1.29, 1.82) is 0 Å². The highest BCUT2D eigenvalue weighted by Crippen LogP contribution is 2.37. The summed E-state index contributed by atoms with van der Waals surface area (Å²) in [5.41, 5.74) is 0.314. The lowest BCUT2D eigenvalue weighted by molar-refractivity contribution is 0.0830. The number of rotatable bonds is 5. The average Bonchev–Trinajstić information content (AvgIpc) is 2.97. The van der Waals surface area contributed by atoms with E-state index in [-0.39, 0.29) is 24.0 Å². The molecule has 1 saturated carbocycles. The molecule has 2 unspecified atom stereocenters. The van der Waals surface area contributed by atoms with Crippen LogP contribution in [0.25, 0.3) is 0 Å². The third kappa shape index (κ3) is 3.57. The van der Waals surface area contributed by atoms with E-state index in [0.717, 1.165) is 19.3 Å². The predicted octanol–water partition coefficient (Wildman–Crippen LogP) is 3.15. The third-order valence-corrected chi connectivity index (χ3v) is 4.73. The molecule has 0 radical (unpaired) electrons. The van der Waals surface area contributed by atoms with Crippen molar-refractivity contribution in [2.75, 3.05) is 6.61 Å². The molecule has 2 atom stereocenters. The van der Waals surface area contributed by atoms with Crippen molar-refractivity contribution in [2.45, 2.75) is 32.2 Å². The number of amides is 1. The van der Waals surface area contributed by atoms with Crippen LogP contribution in [0.3, 0.4) is 0 Å². The molecule has 1 aliphatic carbocycles. The lowest BCUT2D eigenvalue weighted by Crippen LogP contribution is -2.44. The first kappa shape index (κ1) is 16.5. The number of aromatic nitrogens is 1. The summed E-state index contributed by atoms with van der Waals surface area (Å²) in [5.74, 6) is 1.14. The van der Waals surface area contributed by atoms with Crippen LogP contribution in [0.5, 0.6) is 11.5 Å². The summed E-state index contributed by atoms with van der Waals surface area (Å²) in [6.45, 7) is 2.11. The quantitative estimate of drug-likeness (QED) is 0.885. The van der Waals surface area contributed by atoms with E-state index in [4.69, 9.17) is 4.74 Å². The number of benzene rings is 1. The van der Waals surface area contributed by atoms with E-state index in [1.54, 1.807) is 42.7 Å². The number of nitrogens with zero attached hydrogens (tertiary/aromatic N) is 1. The molecule has 1 aliphatic rings. The lowest BCUT2D eigenvalue weighted by atomic mass is 9.85. The van der Waals surface area contributed by atoms with Crippen molar-refractivity contribution in [1.82, 2.24) is 10.3 Å². The van der Waals surface area contributed by atoms with Gasteiger partial charge in [-0.25, -0.2) is 0 Å². The number of aliphatic hydroxyl groups is 1. The van der Waals surface area contributed by atoms with E-state index in [2.05, 4.69) is 10.3 Å². The maximum Gasteiger partial charge on any atom is 0.251 e. The van der Waals surface area contributed by atoms with Crippen LogP contribution in [0.1, 0.15) is 36.5 Å². The zero-order chi connectivity index (χ0) is 17.0. The van der Waals surface area contributed by atoms with E-state index in [1.165, 1.54) is 0 Å². The molecule has 0 spiro atoms. The summed E-state index contributed by atoms with van der Waals surface area (Å²) in [6, 6.07) is 10.6. The van der Waals surface area contributed by atoms with Gasteiger partial charge in [-0.1, -0.05) is 19.4 Å². The maximum atomic E-state index is 12.6. The molecular weight excluding hydrogens is 304 g/mol. The second-order valence-corrected chi connectivity index (χ2v) is 6.54. The van der Waals surface area contributed by atoms with Crippen molar-refractivity contribution in [3.8, 4) is 11.5 Å². The normalized spacial score (nSPS) is 23.0. The molecule has 1 heterocycles. The number of nitrogens with one attached hydrogen (secondary N) is 1. The molecule has 0 aliphatic heterocycles.